The van der Waals surface area contributed by atoms with Gasteiger partial charge in [-0.2, -0.15) is 0 Å². The van der Waals surface area contributed by atoms with Gasteiger partial charge in [0.25, 0.3) is 0 Å². The summed E-state index contributed by atoms with van der Waals surface area (Å²) in [4.78, 5) is 14.7. The molecular weight excluding hydrogens is 236 g/mol. The number of nitrogens with zero attached hydrogens (tertiary/aromatic N) is 1. The molecule has 1 aliphatic heterocycles. The van der Waals surface area contributed by atoms with Gasteiger partial charge >= 0.3 is 0 Å². The zero-order valence-electron chi connectivity index (χ0n) is 10.0. The van der Waals surface area contributed by atoms with E-state index in [1.807, 2.05) is 4.90 Å². The number of carbonyl (C=O) groups excluding carboxylic acids is 1. The van der Waals surface area contributed by atoms with E-state index in [1.165, 1.54) is 0 Å². The molecule has 0 spiro atoms. The molecule has 3 N–H and O–H groups in total. The molecule has 0 radical (unpaired) electrons. The quantitative estimate of drug-likeness (QED) is 0.726. The van der Waals surface area contributed by atoms with Crippen LogP contribution in [0, 0.1) is 11.3 Å². The summed E-state index contributed by atoms with van der Waals surface area (Å²) in [7, 11) is 0. The summed E-state index contributed by atoms with van der Waals surface area (Å²) in [5.74, 6) is 0.559. The minimum absolute atomic E-state index is 0.122. The lowest BCUT2D eigenvalue weighted by Crippen LogP contribution is -2.53. The summed E-state index contributed by atoms with van der Waals surface area (Å²) in [6.07, 6.45) is 4.42. The molecule has 0 aromatic heterocycles. The first-order chi connectivity index (χ1) is 8.10. The molecule has 1 heterocycles. The summed E-state index contributed by atoms with van der Waals surface area (Å²) >= 11 is 5.06. The smallest absolute Gasteiger partial charge is 0.235 e. The van der Waals surface area contributed by atoms with Crippen molar-refractivity contribution in [1.82, 2.24) is 4.90 Å². The minimum Gasteiger partial charge on any atom is -0.396 e. The van der Waals surface area contributed by atoms with E-state index in [1.54, 1.807) is 0 Å². The number of amides is 1. The van der Waals surface area contributed by atoms with E-state index in [0.717, 1.165) is 45.2 Å². The highest BCUT2D eigenvalue weighted by Crippen LogP contribution is 2.43. The molecule has 2 fully saturated rings. The summed E-state index contributed by atoms with van der Waals surface area (Å²) in [6, 6.07) is 0. The fraction of sp³-hybridized carbons (Fsp3) is 0.833. The fourth-order valence-electron chi connectivity index (χ4n) is 2.83. The average molecular weight is 256 g/mol. The minimum atomic E-state index is -0.538. The Bertz CT molecular complexity index is 328. The van der Waals surface area contributed by atoms with Crippen LogP contribution < -0.4 is 5.73 Å². The van der Waals surface area contributed by atoms with Crippen LogP contribution in [0.5, 0.6) is 0 Å². The first kappa shape index (κ1) is 12.8. The molecule has 1 atom stereocenters. The first-order valence-corrected chi connectivity index (χ1v) is 6.71. The Morgan fingerprint density at radius 2 is 2.24 bits per heavy atom. The zero-order chi connectivity index (χ0) is 12.5. The van der Waals surface area contributed by atoms with Gasteiger partial charge in [-0.05, 0) is 31.6 Å². The third kappa shape index (κ3) is 2.18. The van der Waals surface area contributed by atoms with Crippen LogP contribution in [0.15, 0.2) is 0 Å². The molecule has 5 heteroatoms. The molecule has 4 nitrogen and oxygen atoms in total. The molecule has 2 aliphatic rings. The SMILES string of the molecule is NC(=S)C1(C(=O)N2CCC(CCO)C2)CCC1. The maximum Gasteiger partial charge on any atom is 0.235 e. The highest BCUT2D eigenvalue weighted by Gasteiger charge is 2.49. The van der Waals surface area contributed by atoms with Crippen molar-refractivity contribution in [1.29, 1.82) is 0 Å². The summed E-state index contributed by atoms with van der Waals surface area (Å²) in [5, 5.41) is 8.91. The zero-order valence-corrected chi connectivity index (χ0v) is 10.8. The van der Waals surface area contributed by atoms with Crippen molar-refractivity contribution in [3.8, 4) is 0 Å². The molecule has 0 aromatic carbocycles. The second-order valence-corrected chi connectivity index (χ2v) is 5.66. The van der Waals surface area contributed by atoms with Gasteiger partial charge in [-0.15, -0.1) is 0 Å². The van der Waals surface area contributed by atoms with Crippen LogP contribution in [0.4, 0.5) is 0 Å². The van der Waals surface area contributed by atoms with Gasteiger partial charge in [-0.3, -0.25) is 4.79 Å². The van der Waals surface area contributed by atoms with Crippen LogP contribution in [0.1, 0.15) is 32.1 Å². The van der Waals surface area contributed by atoms with E-state index in [4.69, 9.17) is 23.1 Å². The maximum atomic E-state index is 12.4. The molecule has 1 saturated carbocycles. The van der Waals surface area contributed by atoms with Crippen molar-refractivity contribution in [3.63, 3.8) is 0 Å². The molecule has 1 saturated heterocycles. The molecule has 1 unspecified atom stereocenters. The maximum absolute atomic E-state index is 12.4. The molecule has 0 bridgehead atoms. The number of hydrogen-bond donors (Lipinski definition) is 2. The average Bonchev–Trinajstić information content (AvgIpc) is 2.64. The Balaban J connectivity index is 1.99. The second kappa shape index (κ2) is 4.90. The number of aliphatic hydroxyl groups is 1. The molecule has 0 aromatic rings. The number of nitrogens with two attached hydrogens (primary N) is 1. The molecule has 1 amide bonds. The van der Waals surface area contributed by atoms with E-state index in [0.29, 0.717) is 10.9 Å². The summed E-state index contributed by atoms with van der Waals surface area (Å²) in [6.45, 7) is 1.74. The van der Waals surface area contributed by atoms with Crippen molar-refractivity contribution in [2.45, 2.75) is 32.1 Å². The van der Waals surface area contributed by atoms with Crippen LogP contribution in [0.2, 0.25) is 0 Å². The Morgan fingerprint density at radius 3 is 2.71 bits per heavy atom. The largest absolute Gasteiger partial charge is 0.396 e. The van der Waals surface area contributed by atoms with Gasteiger partial charge in [-0.1, -0.05) is 18.6 Å². The van der Waals surface area contributed by atoms with Gasteiger partial charge in [0.05, 0.1) is 10.4 Å². The highest BCUT2D eigenvalue weighted by atomic mass is 32.1. The Labute approximate surface area is 107 Å². The van der Waals surface area contributed by atoms with Crippen LogP contribution >= 0.6 is 12.2 Å². The van der Waals surface area contributed by atoms with Gasteiger partial charge in [0, 0.05) is 19.7 Å². The van der Waals surface area contributed by atoms with Gasteiger partial charge in [0.15, 0.2) is 0 Å². The van der Waals surface area contributed by atoms with Gasteiger partial charge in [-0.25, -0.2) is 0 Å². The van der Waals surface area contributed by atoms with Crippen LogP contribution in [-0.4, -0.2) is 40.6 Å². The van der Waals surface area contributed by atoms with Crippen molar-refractivity contribution < 1.29 is 9.90 Å². The number of likely N-dealkylation sites (tertiary alicyclic amines) is 1. The molecule has 1 aliphatic carbocycles. The van der Waals surface area contributed by atoms with Crippen molar-refractivity contribution in [3.05, 3.63) is 0 Å². The van der Waals surface area contributed by atoms with E-state index in [-0.39, 0.29) is 12.5 Å². The molecular formula is C12H20N2O2S. The molecule has 96 valence electrons. The third-order valence-corrected chi connectivity index (χ3v) is 4.59. The van der Waals surface area contributed by atoms with E-state index >= 15 is 0 Å². The molecule has 17 heavy (non-hydrogen) atoms. The van der Waals surface area contributed by atoms with E-state index in [2.05, 4.69) is 0 Å². The van der Waals surface area contributed by atoms with E-state index in [9.17, 15) is 4.79 Å². The number of carbonyl (C=O) groups is 1. The number of rotatable bonds is 4. The lowest BCUT2D eigenvalue weighted by molar-refractivity contribution is -0.141. The predicted molar refractivity (Wildman–Crippen MR) is 69.5 cm³/mol. The monoisotopic (exact) mass is 256 g/mol. The predicted octanol–water partition coefficient (Wildman–Crippen LogP) is 0.674. The van der Waals surface area contributed by atoms with Gasteiger partial charge in [0.2, 0.25) is 5.91 Å². The lowest BCUT2D eigenvalue weighted by Gasteiger charge is -2.41. The van der Waals surface area contributed by atoms with Gasteiger partial charge in [0.1, 0.15) is 0 Å². The number of thiocarbonyl (C=S) groups is 1. The Hall–Kier alpha value is -0.680. The third-order valence-electron chi connectivity index (χ3n) is 4.20. The highest BCUT2D eigenvalue weighted by molar-refractivity contribution is 7.80. The first-order valence-electron chi connectivity index (χ1n) is 6.30. The normalized spacial score (nSPS) is 26.6. The standard InChI is InChI=1S/C12H20N2O2S/c13-10(17)12(4-1-5-12)11(16)14-6-2-9(8-14)3-7-15/h9,15H,1-8H2,(H2,13,17). The van der Waals surface area contributed by atoms with Crippen molar-refractivity contribution in [2.24, 2.45) is 17.1 Å². The number of hydrogen-bond acceptors (Lipinski definition) is 3. The number of aliphatic hydroxyl groups excluding tert-OH is 1. The Kier molecular flexibility index (Phi) is 3.68. The molecule has 2 rings (SSSR count). The van der Waals surface area contributed by atoms with E-state index < -0.39 is 5.41 Å². The van der Waals surface area contributed by atoms with Crippen molar-refractivity contribution >= 4 is 23.1 Å². The van der Waals surface area contributed by atoms with Crippen LogP contribution in [0.25, 0.3) is 0 Å². The second-order valence-electron chi connectivity index (χ2n) is 5.22. The summed E-state index contributed by atoms with van der Waals surface area (Å²) < 4.78 is 0. The summed E-state index contributed by atoms with van der Waals surface area (Å²) in [5.41, 5.74) is 5.20. The topological polar surface area (TPSA) is 66.6 Å². The van der Waals surface area contributed by atoms with Crippen molar-refractivity contribution in [2.75, 3.05) is 19.7 Å². The van der Waals surface area contributed by atoms with Gasteiger partial charge < -0.3 is 15.7 Å². The Morgan fingerprint density at radius 1 is 1.53 bits per heavy atom. The fourth-order valence-corrected chi connectivity index (χ4v) is 3.13. The van der Waals surface area contributed by atoms with Crippen LogP contribution in [-0.2, 0) is 4.79 Å². The van der Waals surface area contributed by atoms with Crippen LogP contribution in [0.3, 0.4) is 0 Å². The lowest BCUT2D eigenvalue weighted by atomic mass is 9.67.